The van der Waals surface area contributed by atoms with Crippen LogP contribution in [0.5, 0.6) is 0 Å². The van der Waals surface area contributed by atoms with Gasteiger partial charge in [-0.15, -0.1) is 7.26 Å². The van der Waals surface area contributed by atoms with Gasteiger partial charge in [-0.3, -0.25) is 0 Å². The summed E-state index contributed by atoms with van der Waals surface area (Å²) in [4.78, 5) is 0. The average Bonchev–Trinajstić information content (AvgIpc) is 1.07. The van der Waals surface area contributed by atoms with Crippen LogP contribution in [0.15, 0.2) is 0 Å². The Balaban J connectivity index is -0.0000000321. The Bertz CT molecular complexity index is 97.4. The van der Waals surface area contributed by atoms with Crippen molar-refractivity contribution in [2.45, 2.75) is 0 Å². The van der Waals surface area contributed by atoms with Gasteiger partial charge >= 0.3 is 69.8 Å². The number of rotatable bonds is 0. The van der Waals surface area contributed by atoms with Gasteiger partial charge in [0.25, 0.3) is 0 Å². The van der Waals surface area contributed by atoms with Crippen LogP contribution in [-0.2, 0) is 22.4 Å². The third kappa shape index (κ3) is 557. The van der Waals surface area contributed by atoms with Crippen molar-refractivity contribution < 1.29 is 22.4 Å². The molecule has 0 fully saturated rings. The van der Waals surface area contributed by atoms with E-state index in [2.05, 4.69) is 68.8 Å². The Labute approximate surface area is 118 Å². The average molecular weight is 487 g/mol. The van der Waals surface area contributed by atoms with Crippen LogP contribution < -0.4 is 0 Å². The molecule has 0 saturated heterocycles. The van der Waals surface area contributed by atoms with Crippen LogP contribution in [0.4, 0.5) is 0 Å². The van der Waals surface area contributed by atoms with Gasteiger partial charge in [-0.2, -0.15) is 6.66 Å². The molecule has 0 bridgehead atoms. The molecule has 0 nitrogen and oxygen atoms in total. The Kier molecular flexibility index (Phi) is 19.5. The second-order valence-electron chi connectivity index (χ2n) is 5.21. The fourth-order valence-corrected chi connectivity index (χ4v) is 0. The number of hydrogen-bond acceptors (Lipinski definition) is 0. The molecule has 0 saturated carbocycles. The SMILES string of the molecule is [Au+3].[CH2-]P(C)(C)(C)Br.[CH2-][P+](C)(C)C.[CH3-].[CH3-]. The first-order valence-electron chi connectivity index (χ1n) is 3.48. The molecule has 0 heterocycles. The summed E-state index contributed by atoms with van der Waals surface area (Å²) in [5.74, 6) is 0. The molecule has 0 aliphatic carbocycles. The molecular weight excluding hydrogens is 459 g/mol. The third-order valence-electron chi connectivity index (χ3n) is 0. The molecule has 0 aliphatic heterocycles. The molecule has 0 atom stereocenters. The van der Waals surface area contributed by atoms with Gasteiger partial charge in [-0.1, -0.05) is 0 Å². The van der Waals surface area contributed by atoms with Crippen LogP contribution in [0.3, 0.4) is 0 Å². The zero-order valence-corrected chi connectivity index (χ0v) is 16.5. The monoisotopic (exact) mass is 486 g/mol. The predicted molar refractivity (Wildman–Crippen MR) is 81.9 cm³/mol. The van der Waals surface area contributed by atoms with Crippen LogP contribution >= 0.6 is 28.1 Å². The van der Waals surface area contributed by atoms with Gasteiger partial charge in [-0.05, 0) is 0 Å². The van der Waals surface area contributed by atoms with Crippen molar-refractivity contribution in [3.8, 4) is 0 Å². The maximum Gasteiger partial charge on any atom is 0.0215 e. The quantitative estimate of drug-likeness (QED) is 0.253. The molecular formula is C10H28AuBrP2. The van der Waals surface area contributed by atoms with E-state index in [1.54, 1.807) is 0 Å². The summed E-state index contributed by atoms with van der Waals surface area (Å²) >= 11 is 3.50. The first-order valence-corrected chi connectivity index (χ1v) is 12.6. The van der Waals surface area contributed by atoms with Crippen LogP contribution in [0.25, 0.3) is 0 Å². The summed E-state index contributed by atoms with van der Waals surface area (Å²) in [5.41, 5.74) is 0. The van der Waals surface area contributed by atoms with Crippen molar-refractivity contribution in [2.75, 3.05) is 40.0 Å². The molecule has 14 heavy (non-hydrogen) atoms. The maximum absolute atomic E-state index is 3.95. The summed E-state index contributed by atoms with van der Waals surface area (Å²) in [6.45, 7) is 20.8. The molecule has 0 aromatic carbocycles. The Hall–Kier alpha value is 2.08. The summed E-state index contributed by atoms with van der Waals surface area (Å²) in [5, 5.41) is -1.49. The van der Waals surface area contributed by atoms with E-state index < -0.39 is 12.6 Å². The third-order valence-corrected chi connectivity index (χ3v) is 0. The van der Waals surface area contributed by atoms with E-state index in [1.807, 2.05) is 0 Å². The minimum Gasteiger partial charge on any atom is -0.358 e. The van der Waals surface area contributed by atoms with Gasteiger partial charge < -0.3 is 14.9 Å². The minimum atomic E-state index is -1.49. The van der Waals surface area contributed by atoms with Crippen molar-refractivity contribution >= 4 is 28.1 Å². The molecule has 96 valence electrons. The van der Waals surface area contributed by atoms with Crippen molar-refractivity contribution in [1.82, 2.24) is 0 Å². The maximum atomic E-state index is 3.95. The van der Waals surface area contributed by atoms with E-state index in [4.69, 9.17) is 0 Å². The standard InChI is InChI=1S/C4H11BrP.C4H11P.2CH3.Au/c1-6(2,3,4)5;1-5(2,3)4;;;/h1H2,2-4H3;1H2,2-4H3;2*1H3;/q-1;;2*-1;+3. The van der Waals surface area contributed by atoms with E-state index >= 15 is 0 Å². The second-order valence-corrected chi connectivity index (χ2v) is 23.5. The summed E-state index contributed by atoms with van der Waals surface area (Å²) in [6.07, 6.45) is 0. The van der Waals surface area contributed by atoms with E-state index in [0.29, 0.717) is 0 Å². The topological polar surface area (TPSA) is 0 Å². The summed E-state index contributed by atoms with van der Waals surface area (Å²) in [6, 6.07) is 0. The Morgan fingerprint density at radius 3 is 1.00 bits per heavy atom. The molecule has 0 aromatic rings. The fraction of sp³-hybridized carbons (Fsp3) is 0.600. The van der Waals surface area contributed by atoms with Crippen LogP contribution in [0.2, 0.25) is 0 Å². The van der Waals surface area contributed by atoms with Gasteiger partial charge in [0.2, 0.25) is 0 Å². The van der Waals surface area contributed by atoms with Gasteiger partial charge in [0.05, 0.1) is 0 Å². The van der Waals surface area contributed by atoms with Gasteiger partial charge in [0, 0.05) is 20.0 Å². The number of halogens is 1. The van der Waals surface area contributed by atoms with E-state index in [0.717, 1.165) is 0 Å². The number of hydrogen-bond donors (Lipinski definition) is 0. The minimum absolute atomic E-state index is 0. The molecule has 0 aliphatic rings. The molecule has 0 radical (unpaired) electrons. The molecule has 0 aromatic heterocycles. The van der Waals surface area contributed by atoms with Crippen molar-refractivity contribution in [3.05, 3.63) is 28.2 Å². The molecule has 0 N–H and O–H groups in total. The van der Waals surface area contributed by atoms with Crippen molar-refractivity contribution in [1.29, 1.82) is 0 Å². The Morgan fingerprint density at radius 1 is 1.00 bits per heavy atom. The van der Waals surface area contributed by atoms with Crippen LogP contribution in [0.1, 0.15) is 0 Å². The van der Waals surface area contributed by atoms with E-state index in [-0.39, 0.29) is 37.2 Å². The van der Waals surface area contributed by atoms with Crippen molar-refractivity contribution in [2.24, 2.45) is 0 Å². The van der Waals surface area contributed by atoms with Gasteiger partial charge in [0.1, 0.15) is 0 Å². The first kappa shape index (κ1) is 29.8. The second kappa shape index (κ2) is 9.15. The summed E-state index contributed by atoms with van der Waals surface area (Å²) in [7, 11) is -0.639. The largest absolute Gasteiger partial charge is 0.358 e. The molecule has 0 unspecified atom stereocenters. The fourth-order valence-electron chi connectivity index (χ4n) is 0. The zero-order valence-electron chi connectivity index (χ0n) is 11.0. The predicted octanol–water partition coefficient (Wildman–Crippen LogP) is 5.11. The van der Waals surface area contributed by atoms with E-state index in [9.17, 15) is 0 Å². The Morgan fingerprint density at radius 2 is 1.00 bits per heavy atom. The van der Waals surface area contributed by atoms with E-state index in [1.165, 1.54) is 0 Å². The summed E-state index contributed by atoms with van der Waals surface area (Å²) < 4.78 is 0. The van der Waals surface area contributed by atoms with Crippen LogP contribution in [0, 0.1) is 28.2 Å². The molecule has 0 spiro atoms. The zero-order chi connectivity index (χ0) is 9.95. The molecule has 0 amide bonds. The van der Waals surface area contributed by atoms with Gasteiger partial charge in [0.15, 0.2) is 0 Å². The normalized spacial score (nSPS) is 12.5. The van der Waals surface area contributed by atoms with Crippen molar-refractivity contribution in [3.63, 3.8) is 0 Å². The molecule has 0 rings (SSSR count). The first-order chi connectivity index (χ1) is 4.24. The molecule has 4 heteroatoms. The van der Waals surface area contributed by atoms with Crippen LogP contribution in [-0.4, -0.2) is 40.0 Å². The van der Waals surface area contributed by atoms with Gasteiger partial charge in [-0.25, -0.2) is 0 Å². The smallest absolute Gasteiger partial charge is 0.0215 e.